The van der Waals surface area contributed by atoms with Crippen molar-refractivity contribution in [1.82, 2.24) is 9.62 Å². The van der Waals surface area contributed by atoms with E-state index in [9.17, 15) is 13.2 Å². The van der Waals surface area contributed by atoms with Gasteiger partial charge in [0, 0.05) is 39.4 Å². The molecule has 1 fully saturated rings. The number of piperidine rings is 1. The summed E-state index contributed by atoms with van der Waals surface area (Å²) in [7, 11) is 0.745. The fraction of sp³-hybridized carbons (Fsp3) is 0.588. The van der Waals surface area contributed by atoms with Crippen molar-refractivity contribution < 1.29 is 13.2 Å². The van der Waals surface area contributed by atoms with Crippen molar-refractivity contribution in [2.75, 3.05) is 37.8 Å². The Balaban J connectivity index is 1.90. The van der Waals surface area contributed by atoms with Crippen LogP contribution in [0.5, 0.6) is 0 Å². The molecule has 7 heteroatoms. The van der Waals surface area contributed by atoms with E-state index in [0.717, 1.165) is 24.1 Å². The van der Waals surface area contributed by atoms with Gasteiger partial charge in [-0.3, -0.25) is 4.79 Å². The minimum Gasteiger partial charge on any atom is -0.378 e. The SMILES string of the molecule is CCS(=O)(=O)N1CCC[C@@H](C(=O)NCc2ccc(N(C)C)cc2)C1. The molecule has 1 amide bonds. The van der Waals surface area contributed by atoms with Crippen molar-refractivity contribution in [3.63, 3.8) is 0 Å². The minimum atomic E-state index is -3.22. The van der Waals surface area contributed by atoms with E-state index in [2.05, 4.69) is 5.32 Å². The minimum absolute atomic E-state index is 0.0670. The predicted molar refractivity (Wildman–Crippen MR) is 96.4 cm³/mol. The van der Waals surface area contributed by atoms with E-state index < -0.39 is 10.0 Å². The van der Waals surface area contributed by atoms with Crippen LogP contribution >= 0.6 is 0 Å². The quantitative estimate of drug-likeness (QED) is 0.840. The Hall–Kier alpha value is -1.60. The third-order valence-corrected chi connectivity index (χ3v) is 6.28. The normalized spacial score (nSPS) is 19.0. The molecule has 0 unspecified atom stereocenters. The standard InChI is InChI=1S/C17H27N3O3S/c1-4-24(22,23)20-11-5-6-15(13-20)17(21)18-12-14-7-9-16(10-8-14)19(2)3/h7-10,15H,4-6,11-13H2,1-3H3,(H,18,21)/t15-/m1/s1. The van der Waals surface area contributed by atoms with E-state index >= 15 is 0 Å². The van der Waals surface area contributed by atoms with Gasteiger partial charge in [0.25, 0.3) is 0 Å². The lowest BCUT2D eigenvalue weighted by molar-refractivity contribution is -0.126. The van der Waals surface area contributed by atoms with Gasteiger partial charge in [0.2, 0.25) is 15.9 Å². The lowest BCUT2D eigenvalue weighted by Crippen LogP contribution is -2.45. The maximum Gasteiger partial charge on any atom is 0.224 e. The fourth-order valence-electron chi connectivity index (χ4n) is 2.84. The van der Waals surface area contributed by atoms with Gasteiger partial charge in [0.05, 0.1) is 11.7 Å². The van der Waals surface area contributed by atoms with E-state index in [0.29, 0.717) is 19.6 Å². The third kappa shape index (κ3) is 4.70. The molecule has 1 saturated heterocycles. The van der Waals surface area contributed by atoms with Crippen LogP contribution < -0.4 is 10.2 Å². The van der Waals surface area contributed by atoms with E-state index in [4.69, 9.17) is 0 Å². The maximum atomic E-state index is 12.4. The number of carbonyl (C=O) groups is 1. The van der Waals surface area contributed by atoms with Crippen molar-refractivity contribution in [3.05, 3.63) is 29.8 Å². The van der Waals surface area contributed by atoms with Gasteiger partial charge in [-0.15, -0.1) is 0 Å². The van der Waals surface area contributed by atoms with Crippen LogP contribution in [0.25, 0.3) is 0 Å². The molecule has 1 N–H and O–H groups in total. The summed E-state index contributed by atoms with van der Waals surface area (Å²) in [5.41, 5.74) is 2.14. The first-order chi connectivity index (χ1) is 11.3. The van der Waals surface area contributed by atoms with Gasteiger partial charge in [0.15, 0.2) is 0 Å². The molecular weight excluding hydrogens is 326 g/mol. The summed E-state index contributed by atoms with van der Waals surface area (Å²) >= 11 is 0. The number of amides is 1. The first-order valence-electron chi connectivity index (χ1n) is 8.35. The summed E-state index contributed by atoms with van der Waals surface area (Å²) in [5, 5.41) is 2.93. The summed E-state index contributed by atoms with van der Waals surface area (Å²) < 4.78 is 25.4. The number of rotatable bonds is 6. The Morgan fingerprint density at radius 1 is 1.29 bits per heavy atom. The number of anilines is 1. The van der Waals surface area contributed by atoms with Crippen LogP contribution in [0.1, 0.15) is 25.3 Å². The Kier molecular flexibility index (Phi) is 6.23. The number of nitrogens with zero attached hydrogens (tertiary/aromatic N) is 2. The lowest BCUT2D eigenvalue weighted by Gasteiger charge is -2.30. The zero-order valence-corrected chi connectivity index (χ0v) is 15.5. The molecular formula is C17H27N3O3S. The zero-order chi connectivity index (χ0) is 17.7. The summed E-state index contributed by atoms with van der Waals surface area (Å²) in [6, 6.07) is 8.00. The van der Waals surface area contributed by atoms with E-state index in [1.807, 2.05) is 43.3 Å². The van der Waals surface area contributed by atoms with E-state index in [-0.39, 0.29) is 17.6 Å². The number of hydrogen-bond acceptors (Lipinski definition) is 4. The van der Waals surface area contributed by atoms with Crippen LogP contribution in [-0.4, -0.2) is 51.6 Å². The summed E-state index contributed by atoms with van der Waals surface area (Å²) in [4.78, 5) is 14.4. The maximum absolute atomic E-state index is 12.4. The average molecular weight is 353 g/mol. The predicted octanol–water partition coefficient (Wildman–Crippen LogP) is 1.43. The zero-order valence-electron chi connectivity index (χ0n) is 14.7. The van der Waals surface area contributed by atoms with Crippen LogP contribution in [0.3, 0.4) is 0 Å². The van der Waals surface area contributed by atoms with Crippen molar-refractivity contribution in [2.24, 2.45) is 5.92 Å². The molecule has 1 aliphatic heterocycles. The molecule has 1 heterocycles. The Morgan fingerprint density at radius 2 is 1.96 bits per heavy atom. The monoisotopic (exact) mass is 353 g/mol. The van der Waals surface area contributed by atoms with Crippen LogP contribution in [0.4, 0.5) is 5.69 Å². The number of sulfonamides is 1. The molecule has 134 valence electrons. The first kappa shape index (κ1) is 18.7. The Morgan fingerprint density at radius 3 is 2.54 bits per heavy atom. The Bertz CT molecular complexity index is 656. The molecule has 1 aliphatic rings. The van der Waals surface area contributed by atoms with Gasteiger partial charge in [0.1, 0.15) is 0 Å². The summed E-state index contributed by atoms with van der Waals surface area (Å²) in [6.07, 6.45) is 1.47. The second-order valence-electron chi connectivity index (χ2n) is 6.38. The second-order valence-corrected chi connectivity index (χ2v) is 8.63. The smallest absolute Gasteiger partial charge is 0.224 e. The van der Waals surface area contributed by atoms with Gasteiger partial charge in [-0.25, -0.2) is 12.7 Å². The van der Waals surface area contributed by atoms with Gasteiger partial charge < -0.3 is 10.2 Å². The number of carbonyl (C=O) groups excluding carboxylic acids is 1. The summed E-state index contributed by atoms with van der Waals surface area (Å²) in [5.74, 6) is -0.247. The molecule has 0 bridgehead atoms. The third-order valence-electron chi connectivity index (χ3n) is 4.43. The molecule has 0 saturated carbocycles. The van der Waals surface area contributed by atoms with Gasteiger partial charge in [-0.1, -0.05) is 12.1 Å². The molecule has 1 atom stereocenters. The first-order valence-corrected chi connectivity index (χ1v) is 9.96. The highest BCUT2D eigenvalue weighted by atomic mass is 32.2. The number of hydrogen-bond donors (Lipinski definition) is 1. The van der Waals surface area contributed by atoms with Gasteiger partial charge in [-0.2, -0.15) is 0 Å². The van der Waals surface area contributed by atoms with Gasteiger partial charge in [-0.05, 0) is 37.5 Å². The number of nitrogens with one attached hydrogen (secondary N) is 1. The van der Waals surface area contributed by atoms with Crippen LogP contribution in [-0.2, 0) is 21.4 Å². The fourth-order valence-corrected chi connectivity index (χ4v) is 4.02. The molecule has 0 spiro atoms. The highest BCUT2D eigenvalue weighted by molar-refractivity contribution is 7.89. The van der Waals surface area contributed by atoms with E-state index in [1.54, 1.807) is 6.92 Å². The lowest BCUT2D eigenvalue weighted by atomic mass is 9.99. The molecule has 2 rings (SSSR count). The molecule has 1 aromatic rings. The van der Waals surface area contributed by atoms with Crippen LogP contribution in [0.2, 0.25) is 0 Å². The molecule has 1 aromatic carbocycles. The van der Waals surface area contributed by atoms with Crippen molar-refractivity contribution in [1.29, 1.82) is 0 Å². The highest BCUT2D eigenvalue weighted by Gasteiger charge is 2.31. The van der Waals surface area contributed by atoms with Crippen molar-refractivity contribution in [2.45, 2.75) is 26.3 Å². The largest absolute Gasteiger partial charge is 0.378 e. The molecule has 6 nitrogen and oxygen atoms in total. The molecule has 0 aromatic heterocycles. The molecule has 0 aliphatic carbocycles. The number of benzene rings is 1. The van der Waals surface area contributed by atoms with Gasteiger partial charge >= 0.3 is 0 Å². The second kappa shape index (κ2) is 7.98. The van der Waals surface area contributed by atoms with Crippen LogP contribution in [0, 0.1) is 5.92 Å². The highest BCUT2D eigenvalue weighted by Crippen LogP contribution is 2.20. The van der Waals surface area contributed by atoms with Crippen LogP contribution in [0.15, 0.2) is 24.3 Å². The molecule has 24 heavy (non-hydrogen) atoms. The van der Waals surface area contributed by atoms with Crippen molar-refractivity contribution in [3.8, 4) is 0 Å². The molecule has 0 radical (unpaired) electrons. The topological polar surface area (TPSA) is 69.7 Å². The van der Waals surface area contributed by atoms with Crippen molar-refractivity contribution >= 4 is 21.6 Å². The summed E-state index contributed by atoms with van der Waals surface area (Å²) in [6.45, 7) is 2.91. The van der Waals surface area contributed by atoms with E-state index in [1.165, 1.54) is 4.31 Å². The average Bonchev–Trinajstić information content (AvgIpc) is 2.60. The Labute approximate surface area is 144 Å².